The molecule has 0 spiro atoms. The molecule has 0 atom stereocenters. The molecule has 1 fully saturated rings. The zero-order chi connectivity index (χ0) is 16.6. The van der Waals surface area contributed by atoms with Gasteiger partial charge in [0.15, 0.2) is 5.96 Å². The van der Waals surface area contributed by atoms with Gasteiger partial charge in [0, 0.05) is 19.1 Å². The van der Waals surface area contributed by atoms with Gasteiger partial charge in [-0.25, -0.2) is 0 Å². The summed E-state index contributed by atoms with van der Waals surface area (Å²) in [7, 11) is 1.74. The summed E-state index contributed by atoms with van der Waals surface area (Å²) in [5.41, 5.74) is -0.201. The van der Waals surface area contributed by atoms with Crippen molar-refractivity contribution in [3.8, 4) is 0 Å². The Kier molecular flexibility index (Phi) is 10.8. The summed E-state index contributed by atoms with van der Waals surface area (Å²) < 4.78 is 0. The lowest BCUT2D eigenvalue weighted by molar-refractivity contribution is -0.121. The minimum atomic E-state index is -0.201. The van der Waals surface area contributed by atoms with E-state index in [1.54, 1.807) is 7.05 Å². The Morgan fingerprint density at radius 1 is 1.09 bits per heavy atom. The van der Waals surface area contributed by atoms with Crippen LogP contribution in [0.4, 0.5) is 0 Å². The lowest BCUT2D eigenvalue weighted by Gasteiger charge is -2.28. The van der Waals surface area contributed by atoms with E-state index in [0.717, 1.165) is 18.4 Å². The lowest BCUT2D eigenvalue weighted by Crippen LogP contribution is -2.48. The predicted molar refractivity (Wildman–Crippen MR) is 108 cm³/mol. The van der Waals surface area contributed by atoms with Crippen LogP contribution in [-0.2, 0) is 4.79 Å². The molecule has 5 nitrogen and oxygen atoms in total. The lowest BCUT2D eigenvalue weighted by atomic mass is 9.81. The maximum atomic E-state index is 11.8. The van der Waals surface area contributed by atoms with Crippen LogP contribution in [0, 0.1) is 11.8 Å². The molecule has 23 heavy (non-hydrogen) atoms. The van der Waals surface area contributed by atoms with E-state index in [9.17, 15) is 4.79 Å². The number of hydrogen-bond acceptors (Lipinski definition) is 2. The number of nitrogens with zero attached hydrogens (tertiary/aromatic N) is 1. The fourth-order valence-corrected chi connectivity index (χ4v) is 2.93. The van der Waals surface area contributed by atoms with Crippen molar-refractivity contribution in [3.05, 3.63) is 0 Å². The molecule has 0 aromatic carbocycles. The minimum Gasteiger partial charge on any atom is -0.356 e. The van der Waals surface area contributed by atoms with Crippen LogP contribution in [0.1, 0.15) is 59.8 Å². The quantitative estimate of drug-likeness (QED) is 0.351. The molecule has 6 heteroatoms. The van der Waals surface area contributed by atoms with Crippen LogP contribution in [0.3, 0.4) is 0 Å². The Morgan fingerprint density at radius 2 is 1.65 bits per heavy atom. The van der Waals surface area contributed by atoms with E-state index in [1.807, 2.05) is 20.8 Å². The van der Waals surface area contributed by atoms with Crippen molar-refractivity contribution < 1.29 is 4.79 Å². The Hall–Kier alpha value is -0.530. The second-order valence-electron chi connectivity index (χ2n) is 7.40. The molecule has 1 saturated carbocycles. The number of rotatable bonds is 5. The maximum absolute atomic E-state index is 11.8. The summed E-state index contributed by atoms with van der Waals surface area (Å²) in [6.07, 6.45) is 6.61. The first-order valence-electron chi connectivity index (χ1n) is 8.59. The molecule has 1 amide bonds. The number of aliphatic imine (C=N–C) groups is 1. The maximum Gasteiger partial charge on any atom is 0.239 e. The Bertz CT molecular complexity index is 371. The molecule has 3 N–H and O–H groups in total. The van der Waals surface area contributed by atoms with E-state index in [1.165, 1.54) is 32.1 Å². The Morgan fingerprint density at radius 3 is 2.13 bits per heavy atom. The molecular weight excluding hydrogens is 403 g/mol. The fraction of sp³-hybridized carbons (Fsp3) is 0.882. The van der Waals surface area contributed by atoms with E-state index in [-0.39, 0.29) is 42.0 Å². The van der Waals surface area contributed by atoms with Gasteiger partial charge in [-0.2, -0.15) is 0 Å². The van der Waals surface area contributed by atoms with Crippen molar-refractivity contribution in [2.24, 2.45) is 16.8 Å². The van der Waals surface area contributed by atoms with Crippen LogP contribution in [0.5, 0.6) is 0 Å². The van der Waals surface area contributed by atoms with Crippen molar-refractivity contribution in [2.45, 2.75) is 65.3 Å². The van der Waals surface area contributed by atoms with Gasteiger partial charge >= 0.3 is 0 Å². The highest BCUT2D eigenvalue weighted by molar-refractivity contribution is 14.0. The van der Waals surface area contributed by atoms with Gasteiger partial charge in [-0.05, 0) is 45.4 Å². The highest BCUT2D eigenvalue weighted by atomic mass is 127. The molecule has 0 radical (unpaired) electrons. The van der Waals surface area contributed by atoms with Crippen molar-refractivity contribution in [3.63, 3.8) is 0 Å². The van der Waals surface area contributed by atoms with Crippen LogP contribution in [0.15, 0.2) is 4.99 Å². The molecule has 0 bridgehead atoms. The first-order chi connectivity index (χ1) is 10.3. The van der Waals surface area contributed by atoms with Crippen molar-refractivity contribution >= 4 is 35.8 Å². The van der Waals surface area contributed by atoms with Crippen LogP contribution in [0.2, 0.25) is 0 Å². The minimum absolute atomic E-state index is 0. The van der Waals surface area contributed by atoms with E-state index in [0.29, 0.717) is 5.96 Å². The average Bonchev–Trinajstić information content (AvgIpc) is 2.46. The first-order valence-corrected chi connectivity index (χ1v) is 8.59. The second kappa shape index (κ2) is 11.1. The number of guanidine groups is 1. The highest BCUT2D eigenvalue weighted by Crippen LogP contribution is 2.29. The molecular formula is C17H35IN4O. The number of nitrogens with one attached hydrogen (secondary N) is 3. The standard InChI is InChI=1S/C17H34N4O.HI/c1-6-13-7-9-14(10-8-13)11-19-16(18-5)20-12-15(22)21-17(2,3)4;/h13-14H,6-12H2,1-5H3,(H,21,22)(H2,18,19,20);1H. The summed E-state index contributed by atoms with van der Waals surface area (Å²) >= 11 is 0. The zero-order valence-corrected chi connectivity index (χ0v) is 17.7. The van der Waals surface area contributed by atoms with Gasteiger partial charge < -0.3 is 16.0 Å². The van der Waals surface area contributed by atoms with Gasteiger partial charge in [-0.15, -0.1) is 24.0 Å². The Labute approximate surface area is 158 Å². The smallest absolute Gasteiger partial charge is 0.239 e. The molecule has 0 aromatic rings. The van der Waals surface area contributed by atoms with Gasteiger partial charge in [-0.3, -0.25) is 9.79 Å². The summed E-state index contributed by atoms with van der Waals surface area (Å²) in [6.45, 7) is 9.41. The van der Waals surface area contributed by atoms with E-state index in [4.69, 9.17) is 0 Å². The predicted octanol–water partition coefficient (Wildman–Crippen LogP) is 2.90. The van der Waals surface area contributed by atoms with Gasteiger partial charge in [0.2, 0.25) is 5.91 Å². The second-order valence-corrected chi connectivity index (χ2v) is 7.40. The molecule has 136 valence electrons. The summed E-state index contributed by atoms with van der Waals surface area (Å²) in [5, 5.41) is 9.36. The topological polar surface area (TPSA) is 65.5 Å². The highest BCUT2D eigenvalue weighted by Gasteiger charge is 2.20. The first kappa shape index (κ1) is 22.5. The van der Waals surface area contributed by atoms with Crippen molar-refractivity contribution in [1.82, 2.24) is 16.0 Å². The van der Waals surface area contributed by atoms with Crippen LogP contribution >= 0.6 is 24.0 Å². The molecule has 1 aliphatic carbocycles. The molecule has 0 heterocycles. The largest absolute Gasteiger partial charge is 0.356 e. The number of hydrogen-bond donors (Lipinski definition) is 3. The third-order valence-electron chi connectivity index (χ3n) is 4.26. The number of carbonyl (C=O) groups is 1. The summed E-state index contributed by atoms with van der Waals surface area (Å²) in [5.74, 6) is 2.35. The van der Waals surface area contributed by atoms with E-state index >= 15 is 0 Å². The normalized spacial score (nSPS) is 22.0. The van der Waals surface area contributed by atoms with E-state index < -0.39 is 0 Å². The van der Waals surface area contributed by atoms with Crippen molar-refractivity contribution in [2.75, 3.05) is 20.1 Å². The van der Waals surface area contributed by atoms with Gasteiger partial charge in [0.05, 0.1) is 6.54 Å². The fourth-order valence-electron chi connectivity index (χ4n) is 2.93. The molecule has 0 aliphatic heterocycles. The summed E-state index contributed by atoms with van der Waals surface area (Å²) in [4.78, 5) is 16.0. The molecule has 1 rings (SSSR count). The summed E-state index contributed by atoms with van der Waals surface area (Å²) in [6, 6.07) is 0. The monoisotopic (exact) mass is 438 g/mol. The third-order valence-corrected chi connectivity index (χ3v) is 4.26. The molecule has 1 aliphatic rings. The zero-order valence-electron chi connectivity index (χ0n) is 15.4. The third kappa shape index (κ3) is 10.0. The van der Waals surface area contributed by atoms with Gasteiger partial charge in [0.1, 0.15) is 0 Å². The van der Waals surface area contributed by atoms with Crippen LogP contribution in [-0.4, -0.2) is 37.5 Å². The number of carbonyl (C=O) groups excluding carboxylic acids is 1. The molecule has 0 aromatic heterocycles. The van der Waals surface area contributed by atoms with Crippen molar-refractivity contribution in [1.29, 1.82) is 0 Å². The van der Waals surface area contributed by atoms with Gasteiger partial charge in [0.25, 0.3) is 0 Å². The van der Waals surface area contributed by atoms with Gasteiger partial charge in [-0.1, -0.05) is 26.2 Å². The number of amides is 1. The van der Waals surface area contributed by atoms with Crippen LogP contribution < -0.4 is 16.0 Å². The van der Waals surface area contributed by atoms with E-state index in [2.05, 4.69) is 27.9 Å². The average molecular weight is 438 g/mol. The molecule has 0 unspecified atom stereocenters. The molecule has 0 saturated heterocycles. The van der Waals surface area contributed by atoms with Crippen LogP contribution in [0.25, 0.3) is 0 Å². The number of halogens is 1. The Balaban J connectivity index is 0.00000484. The SMILES string of the molecule is CCC1CCC(CNC(=NC)NCC(=O)NC(C)(C)C)CC1.I.